The Kier molecular flexibility index (Phi) is 5.33. The van der Waals surface area contributed by atoms with Gasteiger partial charge in [-0.2, -0.15) is 5.10 Å². The smallest absolute Gasteiger partial charge is 0.195 e. The van der Waals surface area contributed by atoms with Gasteiger partial charge in [-0.25, -0.2) is 4.98 Å². The average molecular weight is 457 g/mol. The van der Waals surface area contributed by atoms with E-state index in [-0.39, 0.29) is 6.10 Å². The van der Waals surface area contributed by atoms with Crippen molar-refractivity contribution < 1.29 is 4.74 Å². The molecule has 8 heteroatoms. The third kappa shape index (κ3) is 3.65. The standard InChI is InChI=1S/C22H18Cl2N4OS/c23-13-7-8-16(18(24)10-13)20-11-17(15-5-1-2-6-19(15)25-20)21-26-27-22(30)28(21)12-14-4-3-9-29-14/h1-2,5-8,10-11,14H,3-4,9,12H2,(H,27,30)/t14-/m1/s1. The number of ether oxygens (including phenoxy) is 1. The lowest BCUT2D eigenvalue weighted by Crippen LogP contribution is -2.16. The van der Waals surface area contributed by atoms with Gasteiger partial charge in [-0.15, -0.1) is 0 Å². The number of rotatable bonds is 4. The molecule has 0 unspecified atom stereocenters. The van der Waals surface area contributed by atoms with E-state index in [1.165, 1.54) is 0 Å². The van der Waals surface area contributed by atoms with Gasteiger partial charge >= 0.3 is 0 Å². The predicted octanol–water partition coefficient (Wildman–Crippen LogP) is 6.31. The number of nitrogens with zero attached hydrogens (tertiary/aromatic N) is 3. The summed E-state index contributed by atoms with van der Waals surface area (Å²) in [5, 5.41) is 9.64. The van der Waals surface area contributed by atoms with Gasteiger partial charge in [-0.05, 0) is 55.4 Å². The number of H-pyrrole nitrogens is 1. The Balaban J connectivity index is 1.70. The first kappa shape index (κ1) is 19.7. The molecule has 4 aromatic rings. The van der Waals surface area contributed by atoms with Gasteiger partial charge in [-0.1, -0.05) is 41.4 Å². The molecule has 0 bridgehead atoms. The molecule has 5 rings (SSSR count). The van der Waals surface area contributed by atoms with Crippen LogP contribution in [0.4, 0.5) is 0 Å². The molecule has 1 fully saturated rings. The minimum absolute atomic E-state index is 0.145. The SMILES string of the molecule is S=c1[nH]nc(-c2cc(-c3ccc(Cl)cc3Cl)nc3ccccc23)n1C[C@H]1CCCO1. The van der Waals surface area contributed by atoms with Crippen molar-refractivity contribution in [3.63, 3.8) is 0 Å². The Morgan fingerprint density at radius 1 is 1.13 bits per heavy atom. The molecule has 1 saturated heterocycles. The summed E-state index contributed by atoms with van der Waals surface area (Å²) in [4.78, 5) is 4.84. The van der Waals surface area contributed by atoms with E-state index in [1.54, 1.807) is 6.07 Å². The third-order valence-electron chi connectivity index (χ3n) is 5.33. The van der Waals surface area contributed by atoms with Crippen LogP contribution in [0.25, 0.3) is 33.5 Å². The van der Waals surface area contributed by atoms with Crippen LogP contribution in [0.3, 0.4) is 0 Å². The molecule has 3 heterocycles. The Morgan fingerprint density at radius 3 is 2.80 bits per heavy atom. The van der Waals surface area contributed by atoms with Gasteiger partial charge < -0.3 is 4.74 Å². The molecule has 1 aliphatic heterocycles. The van der Waals surface area contributed by atoms with Crippen LogP contribution in [-0.4, -0.2) is 32.5 Å². The summed E-state index contributed by atoms with van der Waals surface area (Å²) in [5.74, 6) is 0.764. The normalized spacial score (nSPS) is 16.4. The van der Waals surface area contributed by atoms with Crippen molar-refractivity contribution in [2.24, 2.45) is 0 Å². The molecule has 1 atom stereocenters. The second-order valence-electron chi connectivity index (χ2n) is 7.29. The van der Waals surface area contributed by atoms with Crippen molar-refractivity contribution in [1.82, 2.24) is 19.7 Å². The van der Waals surface area contributed by atoms with E-state index >= 15 is 0 Å². The van der Waals surface area contributed by atoms with Gasteiger partial charge in [0.05, 0.1) is 28.9 Å². The average Bonchev–Trinajstić information content (AvgIpc) is 3.38. The number of benzene rings is 2. The van der Waals surface area contributed by atoms with E-state index in [9.17, 15) is 0 Å². The molecule has 0 radical (unpaired) electrons. The predicted molar refractivity (Wildman–Crippen MR) is 123 cm³/mol. The van der Waals surface area contributed by atoms with Gasteiger partial charge in [0.15, 0.2) is 10.6 Å². The maximum atomic E-state index is 6.48. The van der Waals surface area contributed by atoms with E-state index in [2.05, 4.69) is 10.2 Å². The van der Waals surface area contributed by atoms with Crippen molar-refractivity contribution in [2.75, 3.05) is 6.61 Å². The Bertz CT molecular complexity index is 1290. The van der Waals surface area contributed by atoms with Crippen molar-refractivity contribution in [2.45, 2.75) is 25.5 Å². The first-order chi connectivity index (χ1) is 14.6. The summed E-state index contributed by atoms with van der Waals surface area (Å²) in [5.41, 5.74) is 3.36. The fourth-order valence-electron chi connectivity index (χ4n) is 3.88. The lowest BCUT2D eigenvalue weighted by Gasteiger charge is -2.14. The number of halogens is 2. The number of hydrogen-bond donors (Lipinski definition) is 1. The number of hydrogen-bond acceptors (Lipinski definition) is 4. The highest BCUT2D eigenvalue weighted by molar-refractivity contribution is 7.71. The van der Waals surface area contributed by atoms with Crippen LogP contribution < -0.4 is 0 Å². The summed E-state index contributed by atoms with van der Waals surface area (Å²) >= 11 is 18.1. The van der Waals surface area contributed by atoms with Gasteiger partial charge in [0, 0.05) is 28.1 Å². The van der Waals surface area contributed by atoms with Crippen LogP contribution >= 0.6 is 35.4 Å². The Labute approximate surface area is 188 Å². The summed E-state index contributed by atoms with van der Waals surface area (Å²) < 4.78 is 8.42. The quantitative estimate of drug-likeness (QED) is 0.365. The Hall–Kier alpha value is -2.25. The van der Waals surface area contributed by atoms with E-state index in [0.717, 1.165) is 53.0 Å². The number of pyridine rings is 1. The highest BCUT2D eigenvalue weighted by Gasteiger charge is 2.21. The highest BCUT2D eigenvalue weighted by atomic mass is 35.5. The van der Waals surface area contributed by atoms with Crippen molar-refractivity contribution in [3.8, 4) is 22.6 Å². The van der Waals surface area contributed by atoms with Gasteiger partial charge in [0.2, 0.25) is 0 Å². The maximum absolute atomic E-state index is 6.48. The molecule has 152 valence electrons. The zero-order valence-corrected chi connectivity index (χ0v) is 18.3. The van der Waals surface area contributed by atoms with Crippen LogP contribution in [0.5, 0.6) is 0 Å². The first-order valence-electron chi connectivity index (χ1n) is 9.72. The van der Waals surface area contributed by atoms with Gasteiger partial charge in [0.25, 0.3) is 0 Å². The second-order valence-corrected chi connectivity index (χ2v) is 8.52. The van der Waals surface area contributed by atoms with Gasteiger partial charge in [0.1, 0.15) is 0 Å². The first-order valence-corrected chi connectivity index (χ1v) is 10.9. The summed E-state index contributed by atoms with van der Waals surface area (Å²) in [6.45, 7) is 1.46. The molecular weight excluding hydrogens is 439 g/mol. The lowest BCUT2D eigenvalue weighted by atomic mass is 10.0. The van der Waals surface area contributed by atoms with E-state index in [1.807, 2.05) is 47.0 Å². The van der Waals surface area contributed by atoms with E-state index < -0.39 is 0 Å². The van der Waals surface area contributed by atoms with Crippen molar-refractivity contribution in [3.05, 3.63) is 63.3 Å². The van der Waals surface area contributed by atoms with Crippen LogP contribution in [0.2, 0.25) is 10.0 Å². The van der Waals surface area contributed by atoms with Crippen LogP contribution in [-0.2, 0) is 11.3 Å². The van der Waals surface area contributed by atoms with Crippen LogP contribution in [0.1, 0.15) is 12.8 Å². The molecule has 0 spiro atoms. The minimum Gasteiger partial charge on any atom is -0.376 e. The number of fused-ring (bicyclic) bond motifs is 1. The monoisotopic (exact) mass is 456 g/mol. The zero-order valence-electron chi connectivity index (χ0n) is 15.9. The molecular formula is C22H18Cl2N4OS. The number of para-hydroxylation sites is 1. The fraction of sp³-hybridized carbons (Fsp3) is 0.227. The number of aromatic amines is 1. The summed E-state index contributed by atoms with van der Waals surface area (Å²) in [6, 6.07) is 15.4. The second kappa shape index (κ2) is 8.12. The van der Waals surface area contributed by atoms with Crippen molar-refractivity contribution >= 4 is 46.3 Å². The molecule has 1 N–H and O–H groups in total. The third-order valence-corrected chi connectivity index (χ3v) is 6.19. The highest BCUT2D eigenvalue weighted by Crippen LogP contribution is 2.35. The number of aromatic nitrogens is 4. The summed E-state index contributed by atoms with van der Waals surface area (Å²) in [6.07, 6.45) is 2.24. The van der Waals surface area contributed by atoms with Gasteiger partial charge in [-0.3, -0.25) is 9.67 Å². The minimum atomic E-state index is 0.145. The molecule has 0 saturated carbocycles. The molecule has 2 aromatic heterocycles. The van der Waals surface area contributed by atoms with Crippen LogP contribution in [0.15, 0.2) is 48.5 Å². The summed E-state index contributed by atoms with van der Waals surface area (Å²) in [7, 11) is 0. The Morgan fingerprint density at radius 2 is 2.00 bits per heavy atom. The van der Waals surface area contributed by atoms with Crippen molar-refractivity contribution in [1.29, 1.82) is 0 Å². The largest absolute Gasteiger partial charge is 0.376 e. The molecule has 5 nitrogen and oxygen atoms in total. The lowest BCUT2D eigenvalue weighted by molar-refractivity contribution is 0.0970. The van der Waals surface area contributed by atoms with E-state index in [0.29, 0.717) is 21.4 Å². The van der Waals surface area contributed by atoms with Crippen LogP contribution in [0, 0.1) is 4.77 Å². The molecule has 2 aromatic carbocycles. The van der Waals surface area contributed by atoms with E-state index in [4.69, 9.17) is 45.1 Å². The molecule has 0 aliphatic carbocycles. The fourth-order valence-corrected chi connectivity index (χ4v) is 4.59. The number of nitrogens with one attached hydrogen (secondary N) is 1. The zero-order chi connectivity index (χ0) is 20.7. The molecule has 1 aliphatic rings. The maximum Gasteiger partial charge on any atom is 0.195 e. The molecule has 30 heavy (non-hydrogen) atoms. The topological polar surface area (TPSA) is 55.7 Å². The molecule has 0 amide bonds.